The molecule has 0 fully saturated rings. The Hall–Kier alpha value is -2.83. The van der Waals surface area contributed by atoms with Crippen molar-refractivity contribution in [1.29, 1.82) is 0 Å². The number of benzene rings is 1. The van der Waals surface area contributed by atoms with Crippen LogP contribution < -0.4 is 10.6 Å². The SMILES string of the molecule is C=Cc1cccc(C(C(=O)NCCCC)N(CCCCCCC)C(=O)C(NC(=O)OC(C)(C)C)C(C)C)c1. The van der Waals surface area contributed by atoms with E-state index in [1.54, 1.807) is 31.7 Å². The van der Waals surface area contributed by atoms with E-state index in [9.17, 15) is 14.4 Å². The Morgan fingerprint density at radius 1 is 1.03 bits per heavy atom. The largest absolute Gasteiger partial charge is 0.444 e. The van der Waals surface area contributed by atoms with Crippen molar-refractivity contribution in [3.05, 3.63) is 42.0 Å². The number of hydrogen-bond acceptors (Lipinski definition) is 4. The van der Waals surface area contributed by atoms with Crippen molar-refractivity contribution in [1.82, 2.24) is 15.5 Å². The van der Waals surface area contributed by atoms with Crippen LogP contribution in [-0.2, 0) is 14.3 Å². The van der Waals surface area contributed by atoms with Crippen molar-refractivity contribution < 1.29 is 19.1 Å². The fourth-order valence-corrected chi connectivity index (χ4v) is 4.19. The summed E-state index contributed by atoms with van der Waals surface area (Å²) in [5.74, 6) is -0.719. The van der Waals surface area contributed by atoms with Gasteiger partial charge in [-0.3, -0.25) is 9.59 Å². The van der Waals surface area contributed by atoms with Crippen LogP contribution in [0.2, 0.25) is 0 Å². The van der Waals surface area contributed by atoms with Crippen LogP contribution in [0.15, 0.2) is 30.8 Å². The summed E-state index contributed by atoms with van der Waals surface area (Å²) in [5, 5.41) is 5.82. The summed E-state index contributed by atoms with van der Waals surface area (Å²) in [4.78, 5) is 42.1. The summed E-state index contributed by atoms with van der Waals surface area (Å²) in [6.07, 6.45) is 7.93. The molecular weight excluding hydrogens is 478 g/mol. The van der Waals surface area contributed by atoms with Crippen LogP contribution in [0.4, 0.5) is 4.79 Å². The average Bonchev–Trinajstić information content (AvgIpc) is 2.85. The highest BCUT2D eigenvalue weighted by Gasteiger charge is 2.37. The first-order valence-corrected chi connectivity index (χ1v) is 14.2. The molecule has 0 aliphatic carbocycles. The molecule has 38 heavy (non-hydrogen) atoms. The van der Waals surface area contributed by atoms with Gasteiger partial charge in [-0.05, 0) is 56.7 Å². The third-order valence-corrected chi connectivity index (χ3v) is 6.24. The molecule has 7 nitrogen and oxygen atoms in total. The minimum Gasteiger partial charge on any atom is -0.444 e. The van der Waals surface area contributed by atoms with Crippen molar-refractivity contribution in [2.45, 2.75) is 111 Å². The molecular formula is C31H51N3O4. The van der Waals surface area contributed by atoms with Gasteiger partial charge >= 0.3 is 6.09 Å². The molecule has 0 aromatic heterocycles. The third-order valence-electron chi connectivity index (χ3n) is 6.24. The van der Waals surface area contributed by atoms with Crippen molar-refractivity contribution in [3.8, 4) is 0 Å². The highest BCUT2D eigenvalue weighted by molar-refractivity contribution is 5.92. The van der Waals surface area contributed by atoms with E-state index in [2.05, 4.69) is 31.1 Å². The second-order valence-electron chi connectivity index (χ2n) is 11.2. The number of carbonyl (C=O) groups excluding carboxylic acids is 3. The van der Waals surface area contributed by atoms with Crippen molar-refractivity contribution >= 4 is 24.0 Å². The van der Waals surface area contributed by atoms with Crippen LogP contribution >= 0.6 is 0 Å². The van der Waals surface area contributed by atoms with Gasteiger partial charge in [0.15, 0.2) is 0 Å². The molecule has 3 amide bonds. The normalized spacial score (nSPS) is 12.9. The first-order chi connectivity index (χ1) is 17.9. The number of unbranched alkanes of at least 4 members (excludes halogenated alkanes) is 5. The maximum Gasteiger partial charge on any atom is 0.408 e. The molecule has 0 saturated carbocycles. The number of alkyl carbamates (subject to hydrolysis) is 1. The molecule has 0 aliphatic heterocycles. The molecule has 0 aliphatic rings. The van der Waals surface area contributed by atoms with E-state index >= 15 is 0 Å². The Morgan fingerprint density at radius 3 is 2.26 bits per heavy atom. The van der Waals surface area contributed by atoms with Gasteiger partial charge in [0.25, 0.3) is 0 Å². The molecule has 2 N–H and O–H groups in total. The summed E-state index contributed by atoms with van der Waals surface area (Å²) in [7, 11) is 0. The number of amides is 3. The zero-order valence-corrected chi connectivity index (χ0v) is 24.8. The molecule has 1 aromatic rings. The Morgan fingerprint density at radius 2 is 1.68 bits per heavy atom. The van der Waals surface area contributed by atoms with E-state index in [1.807, 2.05) is 38.1 Å². The zero-order chi connectivity index (χ0) is 28.7. The topological polar surface area (TPSA) is 87.7 Å². The van der Waals surface area contributed by atoms with Gasteiger partial charge in [-0.1, -0.05) is 90.7 Å². The zero-order valence-electron chi connectivity index (χ0n) is 24.8. The second-order valence-corrected chi connectivity index (χ2v) is 11.2. The number of rotatable bonds is 16. The van der Waals surface area contributed by atoms with E-state index in [0.29, 0.717) is 13.1 Å². The van der Waals surface area contributed by atoms with Crippen LogP contribution in [0, 0.1) is 5.92 Å². The fourth-order valence-electron chi connectivity index (χ4n) is 4.19. The lowest BCUT2D eigenvalue weighted by Crippen LogP contribution is -2.55. The van der Waals surface area contributed by atoms with E-state index in [1.165, 1.54) is 0 Å². The molecule has 1 aromatic carbocycles. The van der Waals surface area contributed by atoms with Crippen molar-refractivity contribution in [2.24, 2.45) is 5.92 Å². The van der Waals surface area contributed by atoms with Crippen LogP contribution in [0.3, 0.4) is 0 Å². The standard InChI is InChI=1S/C31H51N3O4/c1-9-12-14-15-16-21-34(29(36)26(23(4)5)33-30(37)38-31(6,7)8)27(28(35)32-20-13-10-2)25-19-17-18-24(11-3)22-25/h11,17-19,22-23,26-27H,3,9-10,12-16,20-21H2,1-2,4-8H3,(H,32,35)(H,33,37). The predicted molar refractivity (Wildman–Crippen MR) is 156 cm³/mol. The summed E-state index contributed by atoms with van der Waals surface area (Å²) in [6.45, 7) is 18.2. The Balaban J connectivity index is 3.45. The quantitative estimate of drug-likeness (QED) is 0.235. The van der Waals surface area contributed by atoms with Gasteiger partial charge < -0.3 is 20.3 Å². The molecule has 0 heterocycles. The molecule has 7 heteroatoms. The molecule has 0 saturated heterocycles. The van der Waals surface area contributed by atoms with Crippen molar-refractivity contribution in [3.63, 3.8) is 0 Å². The molecule has 214 valence electrons. The molecule has 1 rings (SSSR count). The Bertz CT molecular complexity index is 891. The predicted octanol–water partition coefficient (Wildman–Crippen LogP) is 6.64. The minimum absolute atomic E-state index is 0.207. The summed E-state index contributed by atoms with van der Waals surface area (Å²) < 4.78 is 5.45. The first-order valence-electron chi connectivity index (χ1n) is 14.2. The van der Waals surface area contributed by atoms with Crippen LogP contribution in [0.25, 0.3) is 6.08 Å². The van der Waals surface area contributed by atoms with E-state index in [4.69, 9.17) is 4.74 Å². The van der Waals surface area contributed by atoms with Gasteiger partial charge in [0.1, 0.15) is 17.7 Å². The van der Waals surface area contributed by atoms with E-state index in [-0.39, 0.29) is 17.7 Å². The monoisotopic (exact) mass is 529 g/mol. The van der Waals surface area contributed by atoms with Gasteiger partial charge in [0.05, 0.1) is 0 Å². The molecule has 0 spiro atoms. The first kappa shape index (κ1) is 33.2. The summed E-state index contributed by atoms with van der Waals surface area (Å²) >= 11 is 0. The highest BCUT2D eigenvalue weighted by Crippen LogP contribution is 2.26. The summed E-state index contributed by atoms with van der Waals surface area (Å²) in [5.41, 5.74) is 0.898. The highest BCUT2D eigenvalue weighted by atomic mass is 16.6. The molecule has 2 atom stereocenters. The van der Waals surface area contributed by atoms with Gasteiger partial charge in [0, 0.05) is 13.1 Å². The number of carbonyl (C=O) groups is 3. The van der Waals surface area contributed by atoms with Gasteiger partial charge in [0.2, 0.25) is 11.8 Å². The lowest BCUT2D eigenvalue weighted by molar-refractivity contribution is -0.143. The van der Waals surface area contributed by atoms with Gasteiger partial charge in [-0.25, -0.2) is 4.79 Å². The summed E-state index contributed by atoms with van der Waals surface area (Å²) in [6, 6.07) is 5.91. The third kappa shape index (κ3) is 11.7. The average molecular weight is 530 g/mol. The fraction of sp³-hybridized carbons (Fsp3) is 0.645. The number of nitrogens with one attached hydrogen (secondary N) is 2. The lowest BCUT2D eigenvalue weighted by Gasteiger charge is -2.36. The van der Waals surface area contributed by atoms with Crippen LogP contribution in [0.1, 0.15) is 111 Å². The molecule has 0 radical (unpaired) electrons. The maximum absolute atomic E-state index is 14.2. The maximum atomic E-state index is 14.2. The Labute approximate surface area is 230 Å². The Kier molecular flexibility index (Phi) is 14.8. The van der Waals surface area contributed by atoms with Crippen LogP contribution in [0.5, 0.6) is 0 Å². The van der Waals surface area contributed by atoms with Crippen molar-refractivity contribution in [2.75, 3.05) is 13.1 Å². The smallest absolute Gasteiger partial charge is 0.408 e. The van der Waals surface area contributed by atoms with Gasteiger partial charge in [-0.15, -0.1) is 0 Å². The number of hydrogen-bond donors (Lipinski definition) is 2. The minimum atomic E-state index is -0.839. The van der Waals surface area contributed by atoms with Gasteiger partial charge in [-0.2, -0.15) is 0 Å². The molecule has 0 bridgehead atoms. The number of ether oxygens (including phenoxy) is 1. The lowest BCUT2D eigenvalue weighted by atomic mass is 9.97. The molecule has 2 unspecified atom stereocenters. The second kappa shape index (κ2) is 16.9. The van der Waals surface area contributed by atoms with Crippen LogP contribution in [-0.4, -0.2) is 47.5 Å². The number of nitrogens with zero attached hydrogens (tertiary/aromatic N) is 1. The van der Waals surface area contributed by atoms with E-state index in [0.717, 1.165) is 56.1 Å². The van der Waals surface area contributed by atoms with E-state index < -0.39 is 23.8 Å².